The molecule has 0 unspecified atom stereocenters. The van der Waals surface area contributed by atoms with Gasteiger partial charge in [0.25, 0.3) is 0 Å². The van der Waals surface area contributed by atoms with Crippen LogP contribution in [0.25, 0.3) is 0 Å². The van der Waals surface area contributed by atoms with E-state index < -0.39 is 17.6 Å². The first-order valence-corrected chi connectivity index (χ1v) is 5.99. The van der Waals surface area contributed by atoms with E-state index >= 15 is 0 Å². The zero-order chi connectivity index (χ0) is 13.6. The number of carbonyl (C=O) groups is 2. The van der Waals surface area contributed by atoms with Crippen LogP contribution < -0.4 is 10.6 Å². The Bertz CT molecular complexity index is 275. The average molecular weight is 244 g/mol. The highest BCUT2D eigenvalue weighted by Crippen LogP contribution is 2.08. The summed E-state index contributed by atoms with van der Waals surface area (Å²) in [6.45, 7) is 9.88. The first-order valence-electron chi connectivity index (χ1n) is 5.99. The van der Waals surface area contributed by atoms with Crippen molar-refractivity contribution in [2.24, 2.45) is 5.92 Å². The molecular weight excluding hydrogens is 220 g/mol. The molecule has 17 heavy (non-hydrogen) atoms. The lowest BCUT2D eigenvalue weighted by Crippen LogP contribution is -2.56. The van der Waals surface area contributed by atoms with Gasteiger partial charge in [-0.1, -0.05) is 20.8 Å². The van der Waals surface area contributed by atoms with Crippen molar-refractivity contribution in [3.05, 3.63) is 0 Å². The predicted molar refractivity (Wildman–Crippen MR) is 66.8 cm³/mol. The number of aliphatic carboxylic acids is 1. The van der Waals surface area contributed by atoms with E-state index in [-0.39, 0.29) is 11.8 Å². The molecule has 1 atom stereocenters. The van der Waals surface area contributed by atoms with Gasteiger partial charge in [-0.25, -0.2) is 4.79 Å². The molecule has 0 radical (unpaired) electrons. The number of nitrogens with one attached hydrogen (secondary N) is 2. The maximum absolute atomic E-state index is 11.9. The number of likely N-dealkylation sites (N-methyl/N-ethyl adjacent to an activating group) is 1. The van der Waals surface area contributed by atoms with Gasteiger partial charge in [-0.05, 0) is 32.7 Å². The smallest absolute Gasteiger partial charge is 0.326 e. The number of hydrogen-bond acceptors (Lipinski definition) is 3. The Labute approximate surface area is 103 Å². The van der Waals surface area contributed by atoms with Gasteiger partial charge in [0.05, 0.1) is 5.54 Å². The zero-order valence-electron chi connectivity index (χ0n) is 11.3. The molecule has 1 amide bonds. The Morgan fingerprint density at radius 2 is 1.82 bits per heavy atom. The summed E-state index contributed by atoms with van der Waals surface area (Å²) < 4.78 is 0. The summed E-state index contributed by atoms with van der Waals surface area (Å²) in [7, 11) is 0. The van der Waals surface area contributed by atoms with Gasteiger partial charge in [0.2, 0.25) is 5.91 Å². The number of amides is 1. The first-order chi connectivity index (χ1) is 7.70. The number of hydrogen-bond donors (Lipinski definition) is 3. The summed E-state index contributed by atoms with van der Waals surface area (Å²) in [4.78, 5) is 22.9. The molecule has 5 heteroatoms. The van der Waals surface area contributed by atoms with Gasteiger partial charge >= 0.3 is 5.97 Å². The highest BCUT2D eigenvalue weighted by atomic mass is 16.4. The Morgan fingerprint density at radius 3 is 2.18 bits per heavy atom. The molecule has 0 bridgehead atoms. The Hall–Kier alpha value is -1.10. The summed E-state index contributed by atoms with van der Waals surface area (Å²) >= 11 is 0. The minimum absolute atomic E-state index is 0.221. The third kappa shape index (κ3) is 5.68. The highest BCUT2D eigenvalue weighted by Gasteiger charge is 2.30. The van der Waals surface area contributed by atoms with Crippen LogP contribution in [0.1, 0.15) is 41.0 Å². The number of rotatable bonds is 7. The quantitative estimate of drug-likeness (QED) is 0.624. The summed E-state index contributed by atoms with van der Waals surface area (Å²) in [5.74, 6) is -1.05. The van der Waals surface area contributed by atoms with Gasteiger partial charge in [-0.3, -0.25) is 4.79 Å². The lowest BCUT2D eigenvalue weighted by Gasteiger charge is -2.27. The number of carboxylic acid groups (broad SMARTS) is 1. The van der Waals surface area contributed by atoms with Gasteiger partial charge in [0, 0.05) is 0 Å². The van der Waals surface area contributed by atoms with E-state index in [9.17, 15) is 9.59 Å². The van der Waals surface area contributed by atoms with E-state index in [1.807, 2.05) is 20.8 Å². The second kappa shape index (κ2) is 6.59. The van der Waals surface area contributed by atoms with Crippen molar-refractivity contribution in [2.45, 2.75) is 52.6 Å². The molecule has 0 saturated carbocycles. The van der Waals surface area contributed by atoms with E-state index in [0.717, 1.165) is 0 Å². The topological polar surface area (TPSA) is 78.4 Å². The second-order valence-corrected chi connectivity index (χ2v) is 5.15. The van der Waals surface area contributed by atoms with E-state index in [1.165, 1.54) is 0 Å². The maximum Gasteiger partial charge on any atom is 0.326 e. The Kier molecular flexibility index (Phi) is 6.16. The van der Waals surface area contributed by atoms with E-state index in [1.54, 1.807) is 13.8 Å². The van der Waals surface area contributed by atoms with Crippen LogP contribution in [0.4, 0.5) is 0 Å². The fraction of sp³-hybridized carbons (Fsp3) is 0.833. The standard InChI is InChI=1S/C12H24N2O3/c1-6-13-12(4,5)11(17)14-9(10(15)16)7-8(2)3/h8-9,13H,6-7H2,1-5H3,(H,14,17)(H,15,16)/t9-/m0/s1. The molecule has 0 heterocycles. The Morgan fingerprint density at radius 1 is 1.29 bits per heavy atom. The molecule has 0 aliphatic heterocycles. The molecule has 0 fully saturated rings. The van der Waals surface area contributed by atoms with Crippen molar-refractivity contribution >= 4 is 11.9 Å². The van der Waals surface area contributed by atoms with Crippen LogP contribution in [0, 0.1) is 5.92 Å². The highest BCUT2D eigenvalue weighted by molar-refractivity contribution is 5.89. The SMILES string of the molecule is CCNC(C)(C)C(=O)N[C@@H](CC(C)C)C(=O)O. The Balaban J connectivity index is 4.55. The molecular formula is C12H24N2O3. The normalized spacial score (nSPS) is 13.5. The van der Waals surface area contributed by atoms with Crippen molar-refractivity contribution in [1.82, 2.24) is 10.6 Å². The van der Waals surface area contributed by atoms with Crippen LogP contribution in [0.5, 0.6) is 0 Å². The molecule has 0 aromatic heterocycles. The minimum atomic E-state index is -0.987. The third-order valence-corrected chi connectivity index (χ3v) is 2.50. The van der Waals surface area contributed by atoms with Crippen molar-refractivity contribution in [2.75, 3.05) is 6.54 Å². The van der Waals surface area contributed by atoms with Crippen LogP contribution in [0.2, 0.25) is 0 Å². The molecule has 0 rings (SSSR count). The van der Waals surface area contributed by atoms with E-state index in [0.29, 0.717) is 13.0 Å². The molecule has 0 saturated heterocycles. The maximum atomic E-state index is 11.9. The monoisotopic (exact) mass is 244 g/mol. The van der Waals surface area contributed by atoms with Crippen LogP contribution in [-0.4, -0.2) is 35.1 Å². The number of carboxylic acids is 1. The molecule has 5 nitrogen and oxygen atoms in total. The molecule has 3 N–H and O–H groups in total. The van der Waals surface area contributed by atoms with E-state index in [2.05, 4.69) is 10.6 Å². The summed E-state index contributed by atoms with van der Waals surface area (Å²) in [6, 6.07) is -0.819. The van der Waals surface area contributed by atoms with Crippen LogP contribution in [0.3, 0.4) is 0 Å². The van der Waals surface area contributed by atoms with Crippen molar-refractivity contribution in [1.29, 1.82) is 0 Å². The largest absolute Gasteiger partial charge is 0.480 e. The minimum Gasteiger partial charge on any atom is -0.480 e. The summed E-state index contributed by atoms with van der Waals surface area (Å²) in [6.07, 6.45) is 0.434. The average Bonchev–Trinajstić information content (AvgIpc) is 2.15. The molecule has 100 valence electrons. The molecule has 0 aromatic carbocycles. The van der Waals surface area contributed by atoms with Crippen molar-refractivity contribution in [3.63, 3.8) is 0 Å². The lowest BCUT2D eigenvalue weighted by molar-refractivity contribution is -0.143. The summed E-state index contributed by atoms with van der Waals surface area (Å²) in [5.41, 5.74) is -0.751. The molecule has 0 aliphatic carbocycles. The first kappa shape index (κ1) is 15.9. The zero-order valence-corrected chi connectivity index (χ0v) is 11.3. The number of carbonyl (C=O) groups excluding carboxylic acids is 1. The van der Waals surface area contributed by atoms with Gasteiger partial charge in [-0.2, -0.15) is 0 Å². The fourth-order valence-corrected chi connectivity index (χ4v) is 1.55. The van der Waals surface area contributed by atoms with E-state index in [4.69, 9.17) is 5.11 Å². The van der Waals surface area contributed by atoms with Crippen LogP contribution in [-0.2, 0) is 9.59 Å². The third-order valence-electron chi connectivity index (χ3n) is 2.50. The van der Waals surface area contributed by atoms with Gasteiger partial charge in [-0.15, -0.1) is 0 Å². The van der Waals surface area contributed by atoms with Crippen molar-refractivity contribution in [3.8, 4) is 0 Å². The van der Waals surface area contributed by atoms with Gasteiger partial charge < -0.3 is 15.7 Å². The predicted octanol–water partition coefficient (Wildman–Crippen LogP) is 0.990. The van der Waals surface area contributed by atoms with Crippen molar-refractivity contribution < 1.29 is 14.7 Å². The van der Waals surface area contributed by atoms with Crippen LogP contribution in [0.15, 0.2) is 0 Å². The second-order valence-electron chi connectivity index (χ2n) is 5.15. The van der Waals surface area contributed by atoms with Gasteiger partial charge in [0.15, 0.2) is 0 Å². The fourth-order valence-electron chi connectivity index (χ4n) is 1.55. The molecule has 0 aromatic rings. The molecule has 0 aliphatic rings. The van der Waals surface area contributed by atoms with Crippen LogP contribution >= 0.6 is 0 Å². The lowest BCUT2D eigenvalue weighted by atomic mass is 10.0. The summed E-state index contributed by atoms with van der Waals surface area (Å²) in [5, 5.41) is 14.6. The molecule has 0 spiro atoms. The van der Waals surface area contributed by atoms with Gasteiger partial charge in [0.1, 0.15) is 6.04 Å².